The summed E-state index contributed by atoms with van der Waals surface area (Å²) < 4.78 is 0. The maximum Gasteiger partial charge on any atom is 0.276 e. The molecule has 2 heterocycles. The lowest BCUT2D eigenvalue weighted by Gasteiger charge is -2.32. The number of hydrogen-bond donors (Lipinski definition) is 3. The fourth-order valence-electron chi connectivity index (χ4n) is 1.78. The first kappa shape index (κ1) is 9.97. The van der Waals surface area contributed by atoms with Crippen LogP contribution in [0, 0.1) is 0 Å². The molecule has 2 rings (SSSR count). The molecule has 1 fully saturated rings. The quantitative estimate of drug-likeness (QED) is 0.561. The lowest BCUT2D eigenvalue weighted by atomic mass is 10.2. The van der Waals surface area contributed by atoms with Crippen molar-refractivity contribution in [2.45, 2.75) is 13.0 Å². The Labute approximate surface area is 87.5 Å². The monoisotopic (exact) mass is 209 g/mol. The number of nitrogens with zero attached hydrogens (tertiary/aromatic N) is 2. The smallest absolute Gasteiger partial charge is 0.276 e. The molecule has 6 nitrogen and oxygen atoms in total. The zero-order chi connectivity index (χ0) is 10.8. The lowest BCUT2D eigenvalue weighted by molar-refractivity contribution is 0.482. The number of rotatable bonds is 1. The van der Waals surface area contributed by atoms with Crippen LogP contribution in [0.4, 0.5) is 11.5 Å². The van der Waals surface area contributed by atoms with Crippen molar-refractivity contribution in [1.82, 2.24) is 15.3 Å². The number of nitrogen functional groups attached to an aromatic ring is 1. The topological polar surface area (TPSA) is 87.0 Å². The SMILES string of the molecule is C[C@H]1CN(c2nc[nH]c(=O)c2N)CCN1. The van der Waals surface area contributed by atoms with E-state index in [9.17, 15) is 4.79 Å². The summed E-state index contributed by atoms with van der Waals surface area (Å²) in [5, 5.41) is 3.32. The van der Waals surface area contributed by atoms with Crippen LogP contribution in [-0.4, -0.2) is 35.6 Å². The van der Waals surface area contributed by atoms with E-state index in [1.54, 1.807) is 0 Å². The fraction of sp³-hybridized carbons (Fsp3) is 0.556. The van der Waals surface area contributed by atoms with Gasteiger partial charge in [-0.2, -0.15) is 0 Å². The van der Waals surface area contributed by atoms with Crippen LogP contribution in [-0.2, 0) is 0 Å². The fourth-order valence-corrected chi connectivity index (χ4v) is 1.78. The van der Waals surface area contributed by atoms with E-state index in [2.05, 4.69) is 22.2 Å². The third kappa shape index (κ3) is 1.94. The van der Waals surface area contributed by atoms with Gasteiger partial charge < -0.3 is 20.9 Å². The Kier molecular flexibility index (Phi) is 2.59. The minimum absolute atomic E-state index is 0.201. The Hall–Kier alpha value is -1.56. The molecule has 1 aromatic rings. The van der Waals surface area contributed by atoms with Crippen molar-refractivity contribution in [2.24, 2.45) is 0 Å². The summed E-state index contributed by atoms with van der Waals surface area (Å²) in [6.45, 7) is 4.62. The molecule has 0 amide bonds. The molecule has 1 saturated heterocycles. The van der Waals surface area contributed by atoms with Crippen molar-refractivity contribution in [3.63, 3.8) is 0 Å². The molecule has 82 valence electrons. The maximum atomic E-state index is 11.3. The molecule has 15 heavy (non-hydrogen) atoms. The highest BCUT2D eigenvalue weighted by atomic mass is 16.1. The molecule has 0 aliphatic carbocycles. The molecule has 0 radical (unpaired) electrons. The molecule has 1 aromatic heterocycles. The molecular weight excluding hydrogens is 194 g/mol. The van der Waals surface area contributed by atoms with Crippen LogP contribution in [0.1, 0.15) is 6.92 Å². The Morgan fingerprint density at radius 1 is 1.67 bits per heavy atom. The summed E-state index contributed by atoms with van der Waals surface area (Å²) in [5.74, 6) is 0.590. The lowest BCUT2D eigenvalue weighted by Crippen LogP contribution is -2.50. The van der Waals surface area contributed by atoms with Gasteiger partial charge in [-0.15, -0.1) is 0 Å². The second-order valence-corrected chi connectivity index (χ2v) is 3.77. The second-order valence-electron chi connectivity index (χ2n) is 3.77. The molecule has 0 spiro atoms. The second kappa shape index (κ2) is 3.90. The summed E-state index contributed by atoms with van der Waals surface area (Å²) in [6.07, 6.45) is 1.39. The van der Waals surface area contributed by atoms with Gasteiger partial charge in [-0.3, -0.25) is 4.79 Å². The molecule has 0 aromatic carbocycles. The van der Waals surface area contributed by atoms with Gasteiger partial charge in [0.15, 0.2) is 5.82 Å². The standard InChI is InChI=1S/C9H15N5O/c1-6-4-14(3-2-11-6)8-7(10)9(15)13-5-12-8/h5-6,11H,2-4,10H2,1H3,(H,12,13,15)/t6-/m0/s1. The molecule has 6 heteroatoms. The number of nitrogens with two attached hydrogens (primary N) is 1. The zero-order valence-electron chi connectivity index (χ0n) is 8.66. The van der Waals surface area contributed by atoms with Crippen LogP contribution in [0.15, 0.2) is 11.1 Å². The van der Waals surface area contributed by atoms with E-state index in [0.29, 0.717) is 11.9 Å². The Bertz CT molecular complexity index is 402. The number of hydrogen-bond acceptors (Lipinski definition) is 5. The van der Waals surface area contributed by atoms with Crippen LogP contribution in [0.25, 0.3) is 0 Å². The van der Waals surface area contributed by atoms with Crippen LogP contribution in [0.5, 0.6) is 0 Å². The highest BCUT2D eigenvalue weighted by Crippen LogP contribution is 2.16. The first-order chi connectivity index (χ1) is 7.18. The van der Waals surface area contributed by atoms with E-state index in [4.69, 9.17) is 5.73 Å². The van der Waals surface area contributed by atoms with Crippen molar-refractivity contribution >= 4 is 11.5 Å². The molecule has 0 bridgehead atoms. The number of H-pyrrole nitrogens is 1. The van der Waals surface area contributed by atoms with E-state index in [1.807, 2.05) is 4.90 Å². The maximum absolute atomic E-state index is 11.3. The Morgan fingerprint density at radius 3 is 3.20 bits per heavy atom. The highest BCUT2D eigenvalue weighted by molar-refractivity contribution is 5.61. The highest BCUT2D eigenvalue weighted by Gasteiger charge is 2.19. The van der Waals surface area contributed by atoms with Gasteiger partial charge in [-0.25, -0.2) is 4.98 Å². The van der Waals surface area contributed by atoms with E-state index in [0.717, 1.165) is 19.6 Å². The van der Waals surface area contributed by atoms with Crippen molar-refractivity contribution < 1.29 is 0 Å². The van der Waals surface area contributed by atoms with Crippen LogP contribution in [0.2, 0.25) is 0 Å². The van der Waals surface area contributed by atoms with E-state index in [1.165, 1.54) is 6.33 Å². The number of nitrogens with one attached hydrogen (secondary N) is 2. The van der Waals surface area contributed by atoms with Crippen molar-refractivity contribution in [3.8, 4) is 0 Å². The molecular formula is C9H15N5O. The van der Waals surface area contributed by atoms with Gasteiger partial charge in [-0.05, 0) is 6.92 Å². The Morgan fingerprint density at radius 2 is 2.47 bits per heavy atom. The number of piperazine rings is 1. The van der Waals surface area contributed by atoms with Crippen molar-refractivity contribution in [3.05, 3.63) is 16.7 Å². The molecule has 1 aliphatic heterocycles. The van der Waals surface area contributed by atoms with Gasteiger partial charge in [0, 0.05) is 25.7 Å². The molecule has 0 saturated carbocycles. The van der Waals surface area contributed by atoms with Gasteiger partial charge in [0.2, 0.25) is 0 Å². The minimum atomic E-state index is -0.272. The first-order valence-electron chi connectivity index (χ1n) is 5.00. The third-order valence-corrected chi connectivity index (χ3v) is 2.54. The summed E-state index contributed by atoms with van der Waals surface area (Å²) in [7, 11) is 0. The van der Waals surface area contributed by atoms with Gasteiger partial charge in [0.25, 0.3) is 5.56 Å². The summed E-state index contributed by atoms with van der Waals surface area (Å²) in [5.41, 5.74) is 5.62. The predicted molar refractivity (Wildman–Crippen MR) is 58.9 cm³/mol. The summed E-state index contributed by atoms with van der Waals surface area (Å²) in [6, 6.07) is 0.388. The van der Waals surface area contributed by atoms with Gasteiger partial charge >= 0.3 is 0 Å². The average molecular weight is 209 g/mol. The largest absolute Gasteiger partial charge is 0.391 e. The van der Waals surface area contributed by atoms with Crippen LogP contribution < -0.4 is 21.5 Å². The average Bonchev–Trinajstić information content (AvgIpc) is 2.22. The van der Waals surface area contributed by atoms with E-state index >= 15 is 0 Å². The molecule has 4 N–H and O–H groups in total. The van der Waals surface area contributed by atoms with E-state index < -0.39 is 0 Å². The minimum Gasteiger partial charge on any atom is -0.391 e. The van der Waals surface area contributed by atoms with Gasteiger partial charge in [0.1, 0.15) is 5.69 Å². The summed E-state index contributed by atoms with van der Waals surface area (Å²) >= 11 is 0. The normalized spacial score (nSPS) is 21.7. The van der Waals surface area contributed by atoms with E-state index in [-0.39, 0.29) is 11.2 Å². The van der Waals surface area contributed by atoms with Crippen molar-refractivity contribution in [1.29, 1.82) is 0 Å². The molecule has 1 atom stereocenters. The number of anilines is 2. The van der Waals surface area contributed by atoms with Crippen molar-refractivity contribution in [2.75, 3.05) is 30.3 Å². The van der Waals surface area contributed by atoms with Gasteiger partial charge in [-0.1, -0.05) is 0 Å². The van der Waals surface area contributed by atoms with Crippen LogP contribution >= 0.6 is 0 Å². The number of aromatic nitrogens is 2. The third-order valence-electron chi connectivity index (χ3n) is 2.54. The summed E-state index contributed by atoms with van der Waals surface area (Å²) in [4.78, 5) is 19.9. The molecule has 0 unspecified atom stereocenters. The van der Waals surface area contributed by atoms with Gasteiger partial charge in [0.05, 0.1) is 6.33 Å². The first-order valence-corrected chi connectivity index (χ1v) is 5.00. The predicted octanol–water partition coefficient (Wildman–Crippen LogP) is -0.850. The Balaban J connectivity index is 2.28. The van der Waals surface area contributed by atoms with Crippen LogP contribution in [0.3, 0.4) is 0 Å². The zero-order valence-corrected chi connectivity index (χ0v) is 8.66. The molecule has 1 aliphatic rings. The number of aromatic amines is 1.